The van der Waals surface area contributed by atoms with Crippen LogP contribution in [0, 0.1) is 0 Å². The number of aryl methyl sites for hydroxylation is 1. The highest BCUT2D eigenvalue weighted by atomic mass is 15.0. The molecule has 0 amide bonds. The Morgan fingerprint density at radius 1 is 1.71 bits per heavy atom. The molecule has 1 aromatic heterocycles. The minimum atomic E-state index is 0.285. The van der Waals surface area contributed by atoms with Gasteiger partial charge in [-0.05, 0) is 32.6 Å². The van der Waals surface area contributed by atoms with Crippen molar-refractivity contribution in [2.24, 2.45) is 12.8 Å². The van der Waals surface area contributed by atoms with Gasteiger partial charge in [0.15, 0.2) is 0 Å². The molecule has 2 unspecified atom stereocenters. The van der Waals surface area contributed by atoms with Gasteiger partial charge in [-0.3, -0.25) is 0 Å². The first kappa shape index (κ1) is 9.71. The molecule has 1 aliphatic carbocycles. The summed E-state index contributed by atoms with van der Waals surface area (Å²) in [6.07, 6.45) is 6.73. The fraction of sp³-hybridized carbons (Fsp3) is 0.727. The molecule has 14 heavy (non-hydrogen) atoms. The molecule has 0 aromatic carbocycles. The SMILES string of the molecule is CC(N)CC1CCCc2c1ncn2C. The third-order valence-corrected chi connectivity index (χ3v) is 3.10. The van der Waals surface area contributed by atoms with E-state index in [1.165, 1.54) is 30.7 Å². The van der Waals surface area contributed by atoms with E-state index in [-0.39, 0.29) is 6.04 Å². The van der Waals surface area contributed by atoms with Crippen LogP contribution in [0.2, 0.25) is 0 Å². The zero-order chi connectivity index (χ0) is 10.1. The van der Waals surface area contributed by atoms with E-state index >= 15 is 0 Å². The Morgan fingerprint density at radius 3 is 3.21 bits per heavy atom. The average Bonchev–Trinajstić information content (AvgIpc) is 2.49. The van der Waals surface area contributed by atoms with Crippen LogP contribution in [-0.4, -0.2) is 15.6 Å². The first-order chi connectivity index (χ1) is 6.68. The maximum atomic E-state index is 5.85. The molecule has 3 heteroatoms. The molecule has 2 N–H and O–H groups in total. The van der Waals surface area contributed by atoms with Gasteiger partial charge in [0.2, 0.25) is 0 Å². The molecule has 0 spiro atoms. The van der Waals surface area contributed by atoms with Crippen molar-refractivity contribution < 1.29 is 0 Å². The van der Waals surface area contributed by atoms with E-state index in [9.17, 15) is 0 Å². The van der Waals surface area contributed by atoms with Crippen molar-refractivity contribution in [2.75, 3.05) is 0 Å². The Morgan fingerprint density at radius 2 is 2.50 bits per heavy atom. The van der Waals surface area contributed by atoms with Crippen LogP contribution in [0.15, 0.2) is 6.33 Å². The zero-order valence-corrected chi connectivity index (χ0v) is 9.03. The Labute approximate surface area is 85.3 Å². The third kappa shape index (κ3) is 1.69. The van der Waals surface area contributed by atoms with Crippen LogP contribution in [-0.2, 0) is 13.5 Å². The monoisotopic (exact) mass is 193 g/mol. The van der Waals surface area contributed by atoms with Crippen LogP contribution < -0.4 is 5.73 Å². The Bertz CT molecular complexity index is 314. The molecule has 2 rings (SSSR count). The molecule has 1 aliphatic rings. The highest BCUT2D eigenvalue weighted by molar-refractivity contribution is 5.21. The minimum Gasteiger partial charge on any atom is -0.337 e. The summed E-state index contributed by atoms with van der Waals surface area (Å²) in [7, 11) is 2.08. The molecule has 0 bridgehead atoms. The summed E-state index contributed by atoms with van der Waals surface area (Å²) >= 11 is 0. The van der Waals surface area contributed by atoms with Gasteiger partial charge in [0.1, 0.15) is 0 Å². The molecule has 3 nitrogen and oxygen atoms in total. The number of hydrogen-bond donors (Lipinski definition) is 1. The number of aromatic nitrogens is 2. The molecule has 1 aromatic rings. The predicted octanol–water partition coefficient (Wildman–Crippen LogP) is 1.58. The molecule has 0 fully saturated rings. The predicted molar refractivity (Wildman–Crippen MR) is 57.2 cm³/mol. The second-order valence-electron chi connectivity index (χ2n) is 4.49. The van der Waals surface area contributed by atoms with Crippen molar-refractivity contribution in [1.82, 2.24) is 9.55 Å². The number of nitrogens with zero attached hydrogens (tertiary/aromatic N) is 2. The second-order valence-corrected chi connectivity index (χ2v) is 4.49. The third-order valence-electron chi connectivity index (χ3n) is 3.10. The van der Waals surface area contributed by atoms with Gasteiger partial charge in [-0.2, -0.15) is 0 Å². The Hall–Kier alpha value is -0.830. The largest absolute Gasteiger partial charge is 0.337 e. The Balaban J connectivity index is 2.22. The fourth-order valence-corrected chi connectivity index (χ4v) is 2.45. The van der Waals surface area contributed by atoms with Crippen LogP contribution in [0.1, 0.15) is 43.5 Å². The molecule has 2 atom stereocenters. The summed E-state index contributed by atoms with van der Waals surface area (Å²) in [4.78, 5) is 4.50. The van der Waals surface area contributed by atoms with Crippen LogP contribution >= 0.6 is 0 Å². The van der Waals surface area contributed by atoms with E-state index in [0.29, 0.717) is 5.92 Å². The number of nitrogens with two attached hydrogens (primary N) is 1. The normalized spacial score (nSPS) is 23.2. The molecule has 0 saturated heterocycles. The standard InChI is InChI=1S/C11H19N3/c1-8(12)6-9-4-3-5-10-11(9)13-7-14(10)2/h7-9H,3-6,12H2,1-2H3. The first-order valence-electron chi connectivity index (χ1n) is 5.44. The lowest BCUT2D eigenvalue weighted by Crippen LogP contribution is -2.21. The Kier molecular flexibility index (Phi) is 2.59. The zero-order valence-electron chi connectivity index (χ0n) is 9.03. The highest BCUT2D eigenvalue weighted by Crippen LogP contribution is 2.32. The molecular weight excluding hydrogens is 174 g/mol. The molecule has 0 radical (unpaired) electrons. The maximum absolute atomic E-state index is 5.85. The van der Waals surface area contributed by atoms with Gasteiger partial charge in [0.25, 0.3) is 0 Å². The molecule has 78 valence electrons. The summed E-state index contributed by atoms with van der Waals surface area (Å²) in [6, 6.07) is 0.285. The summed E-state index contributed by atoms with van der Waals surface area (Å²) in [5, 5.41) is 0. The van der Waals surface area contributed by atoms with Gasteiger partial charge in [-0.25, -0.2) is 4.98 Å². The van der Waals surface area contributed by atoms with Gasteiger partial charge >= 0.3 is 0 Å². The van der Waals surface area contributed by atoms with Crippen LogP contribution in [0.25, 0.3) is 0 Å². The van der Waals surface area contributed by atoms with Crippen LogP contribution in [0.3, 0.4) is 0 Å². The van der Waals surface area contributed by atoms with Crippen molar-refractivity contribution >= 4 is 0 Å². The topological polar surface area (TPSA) is 43.8 Å². The van der Waals surface area contributed by atoms with E-state index in [4.69, 9.17) is 5.73 Å². The van der Waals surface area contributed by atoms with E-state index in [1.54, 1.807) is 0 Å². The lowest BCUT2D eigenvalue weighted by molar-refractivity contribution is 0.469. The number of imidazole rings is 1. The fourth-order valence-electron chi connectivity index (χ4n) is 2.45. The van der Waals surface area contributed by atoms with E-state index < -0.39 is 0 Å². The molecule has 0 aliphatic heterocycles. The van der Waals surface area contributed by atoms with Crippen molar-refractivity contribution in [2.45, 2.75) is 44.6 Å². The van der Waals surface area contributed by atoms with Crippen LogP contribution in [0.5, 0.6) is 0 Å². The number of fused-ring (bicyclic) bond motifs is 1. The van der Waals surface area contributed by atoms with E-state index in [0.717, 1.165) is 6.42 Å². The van der Waals surface area contributed by atoms with Crippen molar-refractivity contribution in [1.29, 1.82) is 0 Å². The number of rotatable bonds is 2. The summed E-state index contributed by atoms with van der Waals surface area (Å²) in [5.74, 6) is 0.597. The maximum Gasteiger partial charge on any atom is 0.0949 e. The van der Waals surface area contributed by atoms with E-state index in [1.807, 2.05) is 6.33 Å². The summed E-state index contributed by atoms with van der Waals surface area (Å²) in [5.41, 5.74) is 8.57. The van der Waals surface area contributed by atoms with Gasteiger partial charge in [-0.1, -0.05) is 0 Å². The number of hydrogen-bond acceptors (Lipinski definition) is 2. The lowest BCUT2D eigenvalue weighted by Gasteiger charge is -2.23. The minimum absolute atomic E-state index is 0.285. The quantitative estimate of drug-likeness (QED) is 0.775. The van der Waals surface area contributed by atoms with Crippen LogP contribution in [0.4, 0.5) is 0 Å². The summed E-state index contributed by atoms with van der Waals surface area (Å²) < 4.78 is 2.16. The summed E-state index contributed by atoms with van der Waals surface area (Å²) in [6.45, 7) is 2.08. The first-order valence-corrected chi connectivity index (χ1v) is 5.44. The molecule has 0 saturated carbocycles. The van der Waals surface area contributed by atoms with Crippen molar-refractivity contribution in [3.05, 3.63) is 17.7 Å². The van der Waals surface area contributed by atoms with Gasteiger partial charge in [0.05, 0.1) is 12.0 Å². The molecule has 1 heterocycles. The van der Waals surface area contributed by atoms with E-state index in [2.05, 4.69) is 23.5 Å². The lowest BCUT2D eigenvalue weighted by atomic mass is 9.85. The molecular formula is C11H19N3. The van der Waals surface area contributed by atoms with Gasteiger partial charge in [0, 0.05) is 24.7 Å². The second kappa shape index (κ2) is 3.73. The average molecular weight is 193 g/mol. The van der Waals surface area contributed by atoms with Gasteiger partial charge < -0.3 is 10.3 Å². The van der Waals surface area contributed by atoms with Crippen molar-refractivity contribution in [3.63, 3.8) is 0 Å². The van der Waals surface area contributed by atoms with Gasteiger partial charge in [-0.15, -0.1) is 0 Å². The van der Waals surface area contributed by atoms with Crippen molar-refractivity contribution in [3.8, 4) is 0 Å². The highest BCUT2D eigenvalue weighted by Gasteiger charge is 2.24. The smallest absolute Gasteiger partial charge is 0.0949 e.